The normalized spacial score (nSPS) is 27.2. The summed E-state index contributed by atoms with van der Waals surface area (Å²) in [4.78, 5) is 11.0. The third-order valence-corrected chi connectivity index (χ3v) is 2.65. The molecule has 4 heteroatoms. The Morgan fingerprint density at radius 3 is 2.50 bits per heavy atom. The molecule has 0 unspecified atom stereocenters. The molecule has 0 atom stereocenters. The summed E-state index contributed by atoms with van der Waals surface area (Å²) < 4.78 is 5.24. The first kappa shape index (κ1) is 9.96. The third-order valence-electron chi connectivity index (χ3n) is 2.65. The lowest BCUT2D eigenvalue weighted by Gasteiger charge is -2.32. The number of ketones is 1. The van der Waals surface area contributed by atoms with Gasteiger partial charge in [-0.3, -0.25) is 4.79 Å². The van der Waals surface area contributed by atoms with E-state index in [2.05, 4.69) is 5.32 Å². The summed E-state index contributed by atoms with van der Waals surface area (Å²) in [5.41, 5.74) is 0.120. The molecule has 3 nitrogen and oxygen atoms in total. The molecule has 0 aromatic rings. The van der Waals surface area contributed by atoms with Crippen LogP contribution in [0.3, 0.4) is 0 Å². The zero-order chi connectivity index (χ0) is 7.73. The van der Waals surface area contributed by atoms with Crippen molar-refractivity contribution in [2.45, 2.75) is 24.8 Å². The van der Waals surface area contributed by atoms with Crippen LogP contribution in [0.15, 0.2) is 0 Å². The largest absolute Gasteiger partial charge is 0.381 e. The summed E-state index contributed by atoms with van der Waals surface area (Å²) in [7, 11) is 0. The van der Waals surface area contributed by atoms with Gasteiger partial charge in [0.05, 0.1) is 6.54 Å². The van der Waals surface area contributed by atoms with E-state index in [4.69, 9.17) is 4.74 Å². The molecule has 2 rings (SSSR count). The minimum Gasteiger partial charge on any atom is -0.381 e. The van der Waals surface area contributed by atoms with Crippen molar-refractivity contribution in [1.82, 2.24) is 5.32 Å². The Morgan fingerprint density at radius 1 is 1.33 bits per heavy atom. The number of rotatable bonds is 0. The fourth-order valence-electron chi connectivity index (χ4n) is 1.90. The number of halogens is 1. The van der Waals surface area contributed by atoms with Crippen LogP contribution in [0.1, 0.15) is 19.3 Å². The first-order valence-corrected chi connectivity index (χ1v) is 4.15. The highest BCUT2D eigenvalue weighted by molar-refractivity contribution is 5.85. The molecule has 0 aromatic carbocycles. The summed E-state index contributed by atoms with van der Waals surface area (Å²) >= 11 is 0. The fraction of sp³-hybridized carbons (Fsp3) is 0.875. The molecule has 0 saturated carbocycles. The number of carbonyl (C=O) groups is 1. The Kier molecular flexibility index (Phi) is 3.09. The first-order valence-electron chi connectivity index (χ1n) is 4.15. The van der Waals surface area contributed by atoms with Crippen LogP contribution < -0.4 is 5.32 Å². The van der Waals surface area contributed by atoms with Crippen LogP contribution in [0.5, 0.6) is 0 Å². The molecule has 12 heavy (non-hydrogen) atoms. The van der Waals surface area contributed by atoms with Crippen molar-refractivity contribution in [3.63, 3.8) is 0 Å². The van der Waals surface area contributed by atoms with Crippen molar-refractivity contribution in [1.29, 1.82) is 0 Å². The average molecular weight is 192 g/mol. The lowest BCUT2D eigenvalue weighted by atomic mass is 9.88. The monoisotopic (exact) mass is 191 g/mol. The average Bonchev–Trinajstić information content (AvgIpc) is 2.34. The van der Waals surface area contributed by atoms with Gasteiger partial charge in [0.1, 0.15) is 5.78 Å². The van der Waals surface area contributed by atoms with Gasteiger partial charge in [-0.2, -0.15) is 0 Å². The first-order chi connectivity index (χ1) is 5.31. The van der Waals surface area contributed by atoms with Gasteiger partial charge in [0.2, 0.25) is 0 Å². The highest BCUT2D eigenvalue weighted by atomic mass is 35.5. The molecule has 0 aromatic heterocycles. The van der Waals surface area contributed by atoms with Crippen molar-refractivity contribution < 1.29 is 9.53 Å². The number of ether oxygens (including phenoxy) is 1. The maximum Gasteiger partial charge on any atom is 0.148 e. The van der Waals surface area contributed by atoms with Gasteiger partial charge < -0.3 is 10.1 Å². The smallest absolute Gasteiger partial charge is 0.148 e. The van der Waals surface area contributed by atoms with Gasteiger partial charge in [-0.1, -0.05) is 0 Å². The Labute approximate surface area is 78.3 Å². The Morgan fingerprint density at radius 2 is 2.00 bits per heavy atom. The van der Waals surface area contributed by atoms with Gasteiger partial charge in [-0.15, -0.1) is 12.4 Å². The Hall–Kier alpha value is -0.120. The van der Waals surface area contributed by atoms with Crippen LogP contribution in [0, 0.1) is 0 Å². The molecule has 0 aliphatic carbocycles. The summed E-state index contributed by atoms with van der Waals surface area (Å²) in [6, 6.07) is 0. The van der Waals surface area contributed by atoms with Crippen molar-refractivity contribution in [3.05, 3.63) is 0 Å². The van der Waals surface area contributed by atoms with Crippen molar-refractivity contribution in [2.75, 3.05) is 19.8 Å². The van der Waals surface area contributed by atoms with Gasteiger partial charge in [-0.25, -0.2) is 0 Å². The molecule has 2 saturated heterocycles. The van der Waals surface area contributed by atoms with E-state index in [0.717, 1.165) is 32.5 Å². The van der Waals surface area contributed by atoms with Gasteiger partial charge in [0, 0.05) is 25.2 Å². The van der Waals surface area contributed by atoms with Gasteiger partial charge in [0.15, 0.2) is 0 Å². The summed E-state index contributed by atoms with van der Waals surface area (Å²) in [5.74, 6) is 0.354. The second-order valence-corrected chi connectivity index (χ2v) is 3.46. The standard InChI is InChI=1S/C8H13NO2.ClH/c10-7-5-8(9-6-7)1-3-11-4-2-8;/h9H,1-6H2;1H. The molecular weight excluding hydrogens is 178 g/mol. The highest BCUT2D eigenvalue weighted by Crippen LogP contribution is 2.27. The van der Waals surface area contributed by atoms with Crippen LogP contribution >= 0.6 is 12.4 Å². The van der Waals surface area contributed by atoms with E-state index in [0.29, 0.717) is 12.3 Å². The molecule has 1 spiro atoms. The molecular formula is C8H14ClNO2. The van der Waals surface area contributed by atoms with Gasteiger partial charge in [0.25, 0.3) is 0 Å². The van der Waals surface area contributed by atoms with E-state index in [9.17, 15) is 4.79 Å². The fourth-order valence-corrected chi connectivity index (χ4v) is 1.90. The quantitative estimate of drug-likeness (QED) is 0.607. The highest BCUT2D eigenvalue weighted by Gasteiger charge is 2.38. The van der Waals surface area contributed by atoms with Gasteiger partial charge >= 0.3 is 0 Å². The minimum atomic E-state index is 0. The minimum absolute atomic E-state index is 0. The second-order valence-electron chi connectivity index (χ2n) is 3.46. The Balaban J connectivity index is 0.000000720. The summed E-state index contributed by atoms with van der Waals surface area (Å²) in [5, 5.41) is 3.29. The number of nitrogens with one attached hydrogen (secondary N) is 1. The topological polar surface area (TPSA) is 38.3 Å². The maximum absolute atomic E-state index is 11.0. The molecule has 0 radical (unpaired) electrons. The number of hydrogen-bond acceptors (Lipinski definition) is 3. The molecule has 2 fully saturated rings. The molecule has 0 amide bonds. The summed E-state index contributed by atoms with van der Waals surface area (Å²) in [6.45, 7) is 2.18. The van der Waals surface area contributed by atoms with Crippen molar-refractivity contribution >= 4 is 18.2 Å². The van der Waals surface area contributed by atoms with E-state index in [1.54, 1.807) is 0 Å². The molecule has 0 bridgehead atoms. The molecule has 70 valence electrons. The van der Waals surface area contributed by atoms with Crippen molar-refractivity contribution in [2.24, 2.45) is 0 Å². The number of carbonyl (C=O) groups excluding carboxylic acids is 1. The lowest BCUT2D eigenvalue weighted by Crippen LogP contribution is -2.44. The Bertz CT molecular complexity index is 178. The third kappa shape index (κ3) is 1.79. The SMILES string of the molecule is Cl.O=C1CNC2(CCOCC2)C1. The van der Waals surface area contributed by atoms with E-state index < -0.39 is 0 Å². The van der Waals surface area contributed by atoms with Crippen LogP contribution in [0.25, 0.3) is 0 Å². The lowest BCUT2D eigenvalue weighted by molar-refractivity contribution is -0.117. The second kappa shape index (κ2) is 3.73. The molecule has 2 aliphatic heterocycles. The molecule has 2 heterocycles. The van der Waals surface area contributed by atoms with Crippen LogP contribution in [0.2, 0.25) is 0 Å². The predicted molar refractivity (Wildman–Crippen MR) is 47.7 cm³/mol. The zero-order valence-corrected chi connectivity index (χ0v) is 7.78. The van der Waals surface area contributed by atoms with Gasteiger partial charge in [-0.05, 0) is 12.8 Å². The predicted octanol–water partition coefficient (Wildman–Crippen LogP) is 0.520. The molecule has 2 aliphatic rings. The number of hydrogen-bond donors (Lipinski definition) is 1. The van der Waals surface area contributed by atoms with E-state index in [1.807, 2.05) is 0 Å². The maximum atomic E-state index is 11.0. The van der Waals surface area contributed by atoms with Crippen LogP contribution in [-0.4, -0.2) is 31.1 Å². The van der Waals surface area contributed by atoms with Crippen molar-refractivity contribution in [3.8, 4) is 0 Å². The van der Waals surface area contributed by atoms with E-state index >= 15 is 0 Å². The van der Waals surface area contributed by atoms with E-state index in [-0.39, 0.29) is 17.9 Å². The molecule has 1 N–H and O–H groups in total. The summed E-state index contributed by atoms with van der Waals surface area (Å²) in [6.07, 6.45) is 2.72. The van der Waals surface area contributed by atoms with Crippen LogP contribution in [-0.2, 0) is 9.53 Å². The zero-order valence-electron chi connectivity index (χ0n) is 6.97. The van der Waals surface area contributed by atoms with Crippen LogP contribution in [0.4, 0.5) is 0 Å². The van der Waals surface area contributed by atoms with E-state index in [1.165, 1.54) is 0 Å². The number of Topliss-reactive ketones (excluding diaryl/α,β-unsaturated/α-hetero) is 1.